The molecule has 3 N–H and O–H groups in total. The number of methoxy groups -OCH3 is 1. The number of aryl methyl sites for hydroxylation is 1. The third-order valence-corrected chi connectivity index (χ3v) is 3.61. The first-order valence-corrected chi connectivity index (χ1v) is 5.79. The smallest absolute Gasteiger partial charge is 0.0886 e. The van der Waals surface area contributed by atoms with Crippen LogP contribution in [0.15, 0.2) is 12.4 Å². The van der Waals surface area contributed by atoms with Gasteiger partial charge in [0.1, 0.15) is 0 Å². The molecule has 0 saturated heterocycles. The second-order valence-electron chi connectivity index (χ2n) is 4.35. The summed E-state index contributed by atoms with van der Waals surface area (Å²) in [5, 5.41) is 4.28. The van der Waals surface area contributed by atoms with Crippen molar-refractivity contribution in [2.24, 2.45) is 5.84 Å². The van der Waals surface area contributed by atoms with Crippen LogP contribution >= 0.6 is 0 Å². The summed E-state index contributed by atoms with van der Waals surface area (Å²) >= 11 is 0. The van der Waals surface area contributed by atoms with Gasteiger partial charge in [0.15, 0.2) is 0 Å². The van der Waals surface area contributed by atoms with Crippen molar-refractivity contribution in [2.75, 3.05) is 7.11 Å². The molecule has 0 bridgehead atoms. The molecule has 5 nitrogen and oxygen atoms in total. The Morgan fingerprint density at radius 3 is 2.81 bits per heavy atom. The van der Waals surface area contributed by atoms with Gasteiger partial charge >= 0.3 is 0 Å². The average molecular weight is 224 g/mol. The minimum atomic E-state index is -0.143. The first kappa shape index (κ1) is 11.6. The molecule has 1 atom stereocenters. The minimum absolute atomic E-state index is 0.0338. The average Bonchev–Trinajstić information content (AvgIpc) is 2.71. The summed E-state index contributed by atoms with van der Waals surface area (Å²) in [4.78, 5) is 0. The number of nitrogens with one attached hydrogen (secondary N) is 1. The van der Waals surface area contributed by atoms with Gasteiger partial charge < -0.3 is 4.74 Å². The van der Waals surface area contributed by atoms with E-state index in [0.717, 1.165) is 24.9 Å². The third kappa shape index (κ3) is 1.75. The zero-order valence-corrected chi connectivity index (χ0v) is 9.94. The number of hydrogen-bond acceptors (Lipinski definition) is 4. The van der Waals surface area contributed by atoms with Gasteiger partial charge in [-0.25, -0.2) is 5.43 Å². The molecule has 1 heterocycles. The van der Waals surface area contributed by atoms with Crippen LogP contribution in [-0.2, 0) is 11.3 Å². The van der Waals surface area contributed by atoms with E-state index in [-0.39, 0.29) is 11.6 Å². The van der Waals surface area contributed by atoms with Crippen LogP contribution < -0.4 is 11.3 Å². The second kappa shape index (κ2) is 4.53. The van der Waals surface area contributed by atoms with Gasteiger partial charge in [0, 0.05) is 25.4 Å². The Balaban J connectivity index is 2.21. The molecule has 2 rings (SSSR count). The fraction of sp³-hybridized carbons (Fsp3) is 0.727. The molecule has 0 spiro atoms. The normalized spacial score (nSPS) is 20.4. The molecule has 16 heavy (non-hydrogen) atoms. The molecule has 0 radical (unpaired) electrons. The summed E-state index contributed by atoms with van der Waals surface area (Å²) in [6.45, 7) is 2.94. The Morgan fingerprint density at radius 1 is 1.69 bits per heavy atom. The lowest BCUT2D eigenvalue weighted by atomic mass is 9.73. The number of nitrogens with two attached hydrogens (primary N) is 1. The molecule has 1 aliphatic rings. The first-order valence-electron chi connectivity index (χ1n) is 5.79. The Kier molecular flexibility index (Phi) is 3.28. The SMILES string of the molecule is CCn1cc(C(NN)C2(OC)CCC2)cn1. The molecule has 1 aromatic rings. The van der Waals surface area contributed by atoms with Crippen molar-refractivity contribution in [1.29, 1.82) is 0 Å². The molecule has 0 aliphatic heterocycles. The summed E-state index contributed by atoms with van der Waals surface area (Å²) in [6, 6.07) is 0.0338. The van der Waals surface area contributed by atoms with E-state index in [1.807, 2.05) is 17.1 Å². The minimum Gasteiger partial charge on any atom is -0.376 e. The molecular weight excluding hydrogens is 204 g/mol. The summed E-state index contributed by atoms with van der Waals surface area (Å²) in [5.41, 5.74) is 3.83. The highest BCUT2D eigenvalue weighted by molar-refractivity contribution is 5.18. The van der Waals surface area contributed by atoms with Gasteiger partial charge in [0.2, 0.25) is 0 Å². The fourth-order valence-corrected chi connectivity index (χ4v) is 2.39. The van der Waals surface area contributed by atoms with E-state index in [9.17, 15) is 0 Å². The fourth-order valence-electron chi connectivity index (χ4n) is 2.39. The molecule has 90 valence electrons. The maximum Gasteiger partial charge on any atom is 0.0886 e. The van der Waals surface area contributed by atoms with Crippen LogP contribution in [-0.4, -0.2) is 22.5 Å². The molecule has 0 amide bonds. The highest BCUT2D eigenvalue weighted by atomic mass is 16.5. The molecule has 1 unspecified atom stereocenters. The van der Waals surface area contributed by atoms with Gasteiger partial charge in [-0.1, -0.05) is 0 Å². The predicted octanol–water partition coefficient (Wildman–Crippen LogP) is 0.976. The van der Waals surface area contributed by atoms with Crippen molar-refractivity contribution in [3.8, 4) is 0 Å². The lowest BCUT2D eigenvalue weighted by Crippen LogP contribution is -2.52. The zero-order chi connectivity index (χ0) is 11.6. The number of hydrogen-bond donors (Lipinski definition) is 2. The van der Waals surface area contributed by atoms with E-state index in [1.54, 1.807) is 7.11 Å². The van der Waals surface area contributed by atoms with Crippen molar-refractivity contribution in [3.05, 3.63) is 18.0 Å². The molecular formula is C11H20N4O. The van der Waals surface area contributed by atoms with Gasteiger partial charge in [0.05, 0.1) is 17.8 Å². The number of aromatic nitrogens is 2. The van der Waals surface area contributed by atoms with E-state index < -0.39 is 0 Å². The quantitative estimate of drug-likeness (QED) is 0.578. The molecule has 1 fully saturated rings. The van der Waals surface area contributed by atoms with Crippen LogP contribution in [0.5, 0.6) is 0 Å². The molecule has 0 aromatic carbocycles. The Bertz CT molecular complexity index is 340. The van der Waals surface area contributed by atoms with Crippen LogP contribution in [0.25, 0.3) is 0 Å². The number of hydrazine groups is 1. The summed E-state index contributed by atoms with van der Waals surface area (Å²) in [6.07, 6.45) is 7.20. The van der Waals surface area contributed by atoms with Crippen molar-refractivity contribution in [2.45, 2.75) is 44.4 Å². The monoisotopic (exact) mass is 224 g/mol. The first-order chi connectivity index (χ1) is 7.75. The topological polar surface area (TPSA) is 65.1 Å². The third-order valence-electron chi connectivity index (χ3n) is 3.61. The Morgan fingerprint density at radius 2 is 2.44 bits per heavy atom. The van der Waals surface area contributed by atoms with Gasteiger partial charge in [-0.3, -0.25) is 10.5 Å². The second-order valence-corrected chi connectivity index (χ2v) is 4.35. The zero-order valence-electron chi connectivity index (χ0n) is 9.94. The van der Waals surface area contributed by atoms with Crippen molar-refractivity contribution in [3.63, 3.8) is 0 Å². The standard InChI is InChI=1S/C11H20N4O/c1-3-15-8-9(7-13-15)10(14-12)11(16-2)5-4-6-11/h7-8,10,14H,3-6,12H2,1-2H3. The number of nitrogens with zero attached hydrogens (tertiary/aromatic N) is 2. The molecule has 1 aliphatic carbocycles. The maximum absolute atomic E-state index is 5.66. The maximum atomic E-state index is 5.66. The molecule has 5 heteroatoms. The number of ether oxygens (including phenoxy) is 1. The predicted molar refractivity (Wildman–Crippen MR) is 61.6 cm³/mol. The van der Waals surface area contributed by atoms with Gasteiger partial charge in [-0.05, 0) is 26.2 Å². The van der Waals surface area contributed by atoms with Crippen molar-refractivity contribution in [1.82, 2.24) is 15.2 Å². The van der Waals surface area contributed by atoms with Gasteiger partial charge in [-0.2, -0.15) is 5.10 Å². The van der Waals surface area contributed by atoms with Crippen molar-refractivity contribution >= 4 is 0 Å². The summed E-state index contributed by atoms with van der Waals surface area (Å²) < 4.78 is 7.55. The Labute approximate surface area is 95.9 Å². The highest BCUT2D eigenvalue weighted by Crippen LogP contribution is 2.44. The highest BCUT2D eigenvalue weighted by Gasteiger charge is 2.45. The number of rotatable bonds is 5. The van der Waals surface area contributed by atoms with Gasteiger partial charge in [-0.15, -0.1) is 0 Å². The van der Waals surface area contributed by atoms with Crippen LogP contribution in [0.1, 0.15) is 37.8 Å². The van der Waals surface area contributed by atoms with E-state index in [4.69, 9.17) is 10.6 Å². The van der Waals surface area contributed by atoms with E-state index in [1.165, 1.54) is 6.42 Å². The lowest BCUT2D eigenvalue weighted by Gasteiger charge is -2.45. The summed E-state index contributed by atoms with van der Waals surface area (Å²) in [5.74, 6) is 5.66. The van der Waals surface area contributed by atoms with E-state index in [0.29, 0.717) is 0 Å². The van der Waals surface area contributed by atoms with E-state index >= 15 is 0 Å². The van der Waals surface area contributed by atoms with Crippen LogP contribution in [0.2, 0.25) is 0 Å². The van der Waals surface area contributed by atoms with Crippen LogP contribution in [0, 0.1) is 0 Å². The summed E-state index contributed by atoms with van der Waals surface area (Å²) in [7, 11) is 1.76. The Hall–Kier alpha value is -0.910. The largest absolute Gasteiger partial charge is 0.376 e. The lowest BCUT2D eigenvalue weighted by molar-refractivity contribution is -0.0999. The van der Waals surface area contributed by atoms with Gasteiger partial charge in [0.25, 0.3) is 0 Å². The van der Waals surface area contributed by atoms with Crippen LogP contribution in [0.4, 0.5) is 0 Å². The molecule has 1 aromatic heterocycles. The van der Waals surface area contributed by atoms with Crippen LogP contribution in [0.3, 0.4) is 0 Å². The van der Waals surface area contributed by atoms with E-state index in [2.05, 4.69) is 17.4 Å². The van der Waals surface area contributed by atoms with Crippen molar-refractivity contribution < 1.29 is 4.74 Å². The molecule has 1 saturated carbocycles.